The summed E-state index contributed by atoms with van der Waals surface area (Å²) in [5.74, 6) is -1.11. The van der Waals surface area contributed by atoms with Gasteiger partial charge in [-0.25, -0.2) is 0 Å². The number of rotatable bonds is 5. The van der Waals surface area contributed by atoms with Crippen LogP contribution in [-0.2, 0) is 35.0 Å². The summed E-state index contributed by atoms with van der Waals surface area (Å²) < 4.78 is 18.2. The van der Waals surface area contributed by atoms with Crippen molar-refractivity contribution in [1.29, 1.82) is 0 Å². The van der Waals surface area contributed by atoms with E-state index in [-0.39, 0.29) is 53.1 Å². The number of carbonyl (C=O) groups excluding carboxylic acids is 3. The van der Waals surface area contributed by atoms with Crippen LogP contribution in [0.1, 0.15) is 78.5 Å². The van der Waals surface area contributed by atoms with Gasteiger partial charge in [0.15, 0.2) is 0 Å². The van der Waals surface area contributed by atoms with Gasteiger partial charge in [-0.1, -0.05) is 39.0 Å². The Labute approximate surface area is 224 Å². The molecule has 6 nitrogen and oxygen atoms in total. The van der Waals surface area contributed by atoms with Gasteiger partial charge < -0.3 is 14.2 Å². The van der Waals surface area contributed by atoms with Gasteiger partial charge in [0.25, 0.3) is 0 Å². The average molecular weight is 529 g/mol. The third kappa shape index (κ3) is 5.43. The summed E-state index contributed by atoms with van der Waals surface area (Å²) in [7, 11) is 0. The minimum atomic E-state index is -0.446. The molecule has 0 saturated heterocycles. The summed E-state index contributed by atoms with van der Waals surface area (Å²) in [5.41, 5.74) is 2.50. The predicted octanol–water partition coefficient (Wildman–Crippen LogP) is 6.19. The summed E-state index contributed by atoms with van der Waals surface area (Å²) in [6, 6.07) is 3.85. The lowest BCUT2D eigenvalue weighted by atomic mass is 9.50. The van der Waals surface area contributed by atoms with Gasteiger partial charge in [-0.15, -0.1) is 11.3 Å². The van der Waals surface area contributed by atoms with Crippen LogP contribution in [-0.4, -0.2) is 36.2 Å². The first-order chi connectivity index (χ1) is 17.3. The van der Waals surface area contributed by atoms with Crippen LogP contribution in [0.3, 0.4) is 0 Å². The summed E-state index contributed by atoms with van der Waals surface area (Å²) in [5, 5.41) is 1.95. The Morgan fingerprint density at radius 2 is 1.76 bits per heavy atom. The van der Waals surface area contributed by atoms with Gasteiger partial charge in [0.05, 0.1) is 6.42 Å². The fourth-order valence-electron chi connectivity index (χ4n) is 7.46. The monoisotopic (exact) mass is 528 g/mol. The van der Waals surface area contributed by atoms with E-state index in [9.17, 15) is 14.4 Å². The van der Waals surface area contributed by atoms with Gasteiger partial charge in [0.2, 0.25) is 0 Å². The Bertz CT molecular complexity index is 1100. The maximum atomic E-state index is 12.8. The van der Waals surface area contributed by atoms with Crippen molar-refractivity contribution in [2.24, 2.45) is 22.7 Å². The molecule has 4 rings (SSSR count). The van der Waals surface area contributed by atoms with Gasteiger partial charge in [-0.3, -0.25) is 14.4 Å². The van der Waals surface area contributed by atoms with Crippen molar-refractivity contribution in [2.75, 3.05) is 0 Å². The van der Waals surface area contributed by atoms with E-state index >= 15 is 0 Å². The van der Waals surface area contributed by atoms with Crippen molar-refractivity contribution in [3.05, 3.63) is 45.7 Å². The first-order valence-corrected chi connectivity index (χ1v) is 14.2. The molecule has 0 N–H and O–H groups in total. The van der Waals surface area contributed by atoms with Crippen molar-refractivity contribution in [2.45, 2.75) is 98.4 Å². The topological polar surface area (TPSA) is 78.9 Å². The second kappa shape index (κ2) is 10.4. The number of fused-ring (bicyclic) bond motifs is 3. The Kier molecular flexibility index (Phi) is 7.76. The van der Waals surface area contributed by atoms with Crippen LogP contribution in [0.2, 0.25) is 0 Å². The molecule has 0 aromatic carbocycles. The number of carbonyl (C=O) groups is 3. The Morgan fingerprint density at radius 1 is 1.05 bits per heavy atom. The van der Waals surface area contributed by atoms with Gasteiger partial charge in [-0.2, -0.15) is 0 Å². The zero-order valence-corrected chi connectivity index (χ0v) is 23.7. The molecule has 1 heterocycles. The van der Waals surface area contributed by atoms with Gasteiger partial charge >= 0.3 is 17.9 Å². The van der Waals surface area contributed by atoms with Gasteiger partial charge in [0.1, 0.15) is 18.3 Å². The highest BCUT2D eigenvalue weighted by Gasteiger charge is 2.58. The SMILES string of the molecule is C=C1[C@@H](OC(=O)Cc2cccs2)CC[C@@]2(C)C[C@H](OC(C)=O)C3=C(C)CC[C@@H]([C@@H](OC(C)=O)[C@H]12)C3(C)C. The van der Waals surface area contributed by atoms with E-state index in [0.29, 0.717) is 12.8 Å². The standard InChI is InChI=1S/C30H40O6S/c1-17-10-11-22-28(35-20(4)32)27-18(2)23(36-25(33)15-21-9-8-14-37-21)12-13-30(27,7)16-24(34-19(3)31)26(17)29(22,5)6/h8-9,14,22-24,27-28H,2,10-13,15-16H2,1,3-7H3/t22-,23-,24-,27-,28+,30-/m0/s1. The minimum absolute atomic E-state index is 0.00936. The third-order valence-electron chi connectivity index (χ3n) is 8.93. The molecule has 2 fully saturated rings. The number of allylic oxidation sites excluding steroid dienone is 1. The molecule has 1 aromatic rings. The van der Waals surface area contributed by atoms with Crippen molar-refractivity contribution in [1.82, 2.24) is 0 Å². The first kappa shape index (κ1) is 27.6. The van der Waals surface area contributed by atoms with E-state index in [4.69, 9.17) is 14.2 Å². The van der Waals surface area contributed by atoms with Crippen LogP contribution >= 0.6 is 11.3 Å². The van der Waals surface area contributed by atoms with E-state index in [1.165, 1.54) is 30.8 Å². The summed E-state index contributed by atoms with van der Waals surface area (Å²) in [4.78, 5) is 38.5. The molecular formula is C30H40O6S. The van der Waals surface area contributed by atoms with E-state index in [0.717, 1.165) is 35.3 Å². The van der Waals surface area contributed by atoms with Gasteiger partial charge in [-0.05, 0) is 72.5 Å². The molecule has 0 radical (unpaired) electrons. The van der Waals surface area contributed by atoms with E-state index in [1.54, 1.807) is 0 Å². The van der Waals surface area contributed by atoms with Crippen molar-refractivity contribution in [3.63, 3.8) is 0 Å². The molecular weight excluding hydrogens is 488 g/mol. The average Bonchev–Trinajstić information content (AvgIpc) is 3.26. The van der Waals surface area contributed by atoms with Crippen LogP contribution in [0.5, 0.6) is 0 Å². The van der Waals surface area contributed by atoms with Crippen LogP contribution in [0.4, 0.5) is 0 Å². The second-order valence-electron chi connectivity index (χ2n) is 11.9. The summed E-state index contributed by atoms with van der Waals surface area (Å²) in [6.45, 7) is 16.1. The Balaban J connectivity index is 1.73. The zero-order chi connectivity index (χ0) is 27.1. The van der Waals surface area contributed by atoms with Crippen molar-refractivity contribution >= 4 is 29.2 Å². The molecule has 2 bridgehead atoms. The van der Waals surface area contributed by atoms with E-state index in [1.807, 2.05) is 17.5 Å². The van der Waals surface area contributed by atoms with E-state index < -0.39 is 12.2 Å². The molecule has 7 heteroatoms. The number of hydrogen-bond acceptors (Lipinski definition) is 7. The number of ether oxygens (including phenoxy) is 3. The fraction of sp³-hybridized carbons (Fsp3) is 0.633. The van der Waals surface area contributed by atoms with Crippen LogP contribution in [0.25, 0.3) is 0 Å². The van der Waals surface area contributed by atoms with Crippen LogP contribution < -0.4 is 0 Å². The molecule has 37 heavy (non-hydrogen) atoms. The minimum Gasteiger partial charge on any atom is -0.462 e. The zero-order valence-electron chi connectivity index (χ0n) is 22.9. The maximum absolute atomic E-state index is 12.8. The number of thiophene rings is 1. The van der Waals surface area contributed by atoms with Crippen LogP contribution in [0, 0.1) is 22.7 Å². The first-order valence-electron chi connectivity index (χ1n) is 13.3. The number of hydrogen-bond donors (Lipinski definition) is 0. The highest BCUT2D eigenvalue weighted by Crippen LogP contribution is 2.60. The molecule has 3 aliphatic carbocycles. The highest BCUT2D eigenvalue weighted by molar-refractivity contribution is 7.10. The maximum Gasteiger partial charge on any atom is 0.311 e. The summed E-state index contributed by atoms with van der Waals surface area (Å²) in [6.07, 6.45) is 2.71. The van der Waals surface area contributed by atoms with E-state index in [2.05, 4.69) is 34.3 Å². The second-order valence-corrected chi connectivity index (χ2v) is 12.9. The lowest BCUT2D eigenvalue weighted by Crippen LogP contribution is -2.57. The molecule has 1 aromatic heterocycles. The molecule has 0 unspecified atom stereocenters. The molecule has 2 saturated carbocycles. The molecule has 0 aliphatic heterocycles. The molecule has 3 aliphatic rings. The highest BCUT2D eigenvalue weighted by atomic mass is 32.1. The molecule has 0 spiro atoms. The van der Waals surface area contributed by atoms with Crippen LogP contribution in [0.15, 0.2) is 40.8 Å². The quantitative estimate of drug-likeness (QED) is 0.257. The predicted molar refractivity (Wildman–Crippen MR) is 143 cm³/mol. The molecule has 202 valence electrons. The normalized spacial score (nSPS) is 33.0. The van der Waals surface area contributed by atoms with Gasteiger partial charge in [0, 0.05) is 30.6 Å². The largest absolute Gasteiger partial charge is 0.462 e. The Hall–Kier alpha value is -2.41. The molecule has 0 amide bonds. The lowest BCUT2D eigenvalue weighted by Gasteiger charge is -2.57. The smallest absolute Gasteiger partial charge is 0.311 e. The van der Waals surface area contributed by atoms with Crippen molar-refractivity contribution in [3.8, 4) is 0 Å². The number of esters is 3. The van der Waals surface area contributed by atoms with Crippen molar-refractivity contribution < 1.29 is 28.6 Å². The molecule has 6 atom stereocenters. The lowest BCUT2D eigenvalue weighted by molar-refractivity contribution is -0.171. The fourth-order valence-corrected chi connectivity index (χ4v) is 8.15. The Morgan fingerprint density at radius 3 is 2.38 bits per heavy atom. The third-order valence-corrected chi connectivity index (χ3v) is 9.81. The summed E-state index contributed by atoms with van der Waals surface area (Å²) >= 11 is 1.53.